The van der Waals surface area contributed by atoms with E-state index in [4.69, 9.17) is 10.5 Å². The average molecular weight is 251 g/mol. The molecule has 0 saturated heterocycles. The first-order valence-corrected chi connectivity index (χ1v) is 6.53. The highest BCUT2D eigenvalue weighted by Crippen LogP contribution is 2.42. The first kappa shape index (κ1) is 13.3. The molecule has 18 heavy (non-hydrogen) atoms. The molecule has 1 aromatic carbocycles. The molecule has 0 aromatic heterocycles. The van der Waals surface area contributed by atoms with E-state index < -0.39 is 11.1 Å². The van der Waals surface area contributed by atoms with Gasteiger partial charge in [-0.05, 0) is 30.5 Å². The van der Waals surface area contributed by atoms with Gasteiger partial charge in [0.05, 0.1) is 6.10 Å². The number of ether oxygens (including phenoxy) is 1. The van der Waals surface area contributed by atoms with Crippen LogP contribution < -0.4 is 10.5 Å². The first-order chi connectivity index (χ1) is 8.37. The van der Waals surface area contributed by atoms with Gasteiger partial charge in [-0.25, -0.2) is 4.39 Å². The molecule has 100 valence electrons. The van der Waals surface area contributed by atoms with E-state index in [2.05, 4.69) is 0 Å². The van der Waals surface area contributed by atoms with Crippen molar-refractivity contribution in [3.63, 3.8) is 0 Å². The minimum Gasteiger partial charge on any atom is -0.490 e. The van der Waals surface area contributed by atoms with Crippen molar-refractivity contribution in [2.45, 2.75) is 45.4 Å². The maximum absolute atomic E-state index is 15.0. The molecular formula is C15H22FNO. The summed E-state index contributed by atoms with van der Waals surface area (Å²) in [6.07, 6.45) is 2.61. The molecule has 1 atom stereocenters. The molecule has 0 aliphatic heterocycles. The van der Waals surface area contributed by atoms with Crippen LogP contribution in [0.4, 0.5) is 4.39 Å². The Morgan fingerprint density at radius 1 is 1.22 bits per heavy atom. The van der Waals surface area contributed by atoms with Crippen molar-refractivity contribution in [1.82, 2.24) is 0 Å². The molecule has 2 N–H and O–H groups in total. The molecule has 1 aromatic rings. The minimum atomic E-state index is -1.51. The van der Waals surface area contributed by atoms with E-state index in [9.17, 15) is 0 Å². The Hall–Kier alpha value is -1.09. The summed E-state index contributed by atoms with van der Waals surface area (Å²) in [5, 5.41) is 0. The Morgan fingerprint density at radius 2 is 1.78 bits per heavy atom. The summed E-state index contributed by atoms with van der Waals surface area (Å²) in [7, 11) is 0. The standard InChI is InChI=1S/C15H22FNO/c1-14(2,3)15(16,10-17)11-4-6-12(7-5-11)18-13-8-9-13/h4-7,13H,8-10,17H2,1-3H3. The number of benzene rings is 1. The quantitative estimate of drug-likeness (QED) is 0.890. The fourth-order valence-electron chi connectivity index (χ4n) is 2.03. The maximum Gasteiger partial charge on any atom is 0.152 e. The normalized spacial score (nSPS) is 19.4. The summed E-state index contributed by atoms with van der Waals surface area (Å²) < 4.78 is 20.7. The van der Waals surface area contributed by atoms with E-state index in [-0.39, 0.29) is 6.54 Å². The Kier molecular flexibility index (Phi) is 3.37. The lowest BCUT2D eigenvalue weighted by Gasteiger charge is -2.37. The van der Waals surface area contributed by atoms with Gasteiger partial charge in [-0.3, -0.25) is 0 Å². The molecule has 0 bridgehead atoms. The third-order valence-electron chi connectivity index (χ3n) is 3.61. The Bertz CT molecular complexity index is 405. The van der Waals surface area contributed by atoms with Crippen LogP contribution in [0.25, 0.3) is 0 Å². The molecule has 1 saturated carbocycles. The predicted molar refractivity (Wildman–Crippen MR) is 71.4 cm³/mol. The Balaban J connectivity index is 2.20. The molecule has 0 radical (unpaired) electrons. The average Bonchev–Trinajstić information content (AvgIpc) is 3.11. The van der Waals surface area contributed by atoms with E-state index in [1.54, 1.807) is 12.1 Å². The summed E-state index contributed by atoms with van der Waals surface area (Å²) in [5.41, 5.74) is 4.24. The molecular weight excluding hydrogens is 229 g/mol. The van der Waals surface area contributed by atoms with Crippen LogP contribution in [0.1, 0.15) is 39.2 Å². The van der Waals surface area contributed by atoms with Gasteiger partial charge in [-0.2, -0.15) is 0 Å². The van der Waals surface area contributed by atoms with E-state index in [0.717, 1.165) is 18.6 Å². The van der Waals surface area contributed by atoms with Gasteiger partial charge >= 0.3 is 0 Å². The molecule has 0 spiro atoms. The monoisotopic (exact) mass is 251 g/mol. The molecule has 1 fully saturated rings. The molecule has 1 aliphatic rings. The van der Waals surface area contributed by atoms with Gasteiger partial charge < -0.3 is 10.5 Å². The fraction of sp³-hybridized carbons (Fsp3) is 0.600. The lowest BCUT2D eigenvalue weighted by molar-refractivity contribution is 0.0342. The van der Waals surface area contributed by atoms with Crippen LogP contribution in [0.2, 0.25) is 0 Å². The smallest absolute Gasteiger partial charge is 0.152 e. The lowest BCUT2D eigenvalue weighted by Crippen LogP contribution is -2.42. The fourth-order valence-corrected chi connectivity index (χ4v) is 2.03. The molecule has 2 nitrogen and oxygen atoms in total. The summed E-state index contributed by atoms with van der Waals surface area (Å²) >= 11 is 0. The maximum atomic E-state index is 15.0. The minimum absolute atomic E-state index is 0.0146. The van der Waals surface area contributed by atoms with Crippen molar-refractivity contribution in [1.29, 1.82) is 0 Å². The summed E-state index contributed by atoms with van der Waals surface area (Å²) in [4.78, 5) is 0. The van der Waals surface area contributed by atoms with E-state index >= 15 is 4.39 Å². The number of nitrogens with two attached hydrogens (primary N) is 1. The topological polar surface area (TPSA) is 35.2 Å². The number of rotatable bonds is 4. The van der Waals surface area contributed by atoms with Gasteiger partial charge in [-0.1, -0.05) is 32.9 Å². The van der Waals surface area contributed by atoms with Crippen molar-refractivity contribution in [2.24, 2.45) is 11.1 Å². The van der Waals surface area contributed by atoms with Gasteiger partial charge in [-0.15, -0.1) is 0 Å². The van der Waals surface area contributed by atoms with Crippen LogP contribution in [0.3, 0.4) is 0 Å². The molecule has 1 unspecified atom stereocenters. The molecule has 0 heterocycles. The van der Waals surface area contributed by atoms with Crippen LogP contribution in [0, 0.1) is 5.41 Å². The van der Waals surface area contributed by atoms with Crippen LogP contribution in [-0.4, -0.2) is 12.6 Å². The second kappa shape index (κ2) is 4.54. The van der Waals surface area contributed by atoms with E-state index in [1.807, 2.05) is 32.9 Å². The predicted octanol–water partition coefficient (Wildman–Crippen LogP) is 3.40. The van der Waals surface area contributed by atoms with Gasteiger partial charge in [0.15, 0.2) is 5.67 Å². The SMILES string of the molecule is CC(C)(C)C(F)(CN)c1ccc(OC2CC2)cc1. The van der Waals surface area contributed by atoms with Crippen LogP contribution >= 0.6 is 0 Å². The van der Waals surface area contributed by atoms with Crippen LogP contribution in [0.5, 0.6) is 5.75 Å². The summed E-state index contributed by atoms with van der Waals surface area (Å²) in [6, 6.07) is 7.25. The van der Waals surface area contributed by atoms with Gasteiger partial charge in [0.1, 0.15) is 5.75 Å². The van der Waals surface area contributed by atoms with Crippen molar-refractivity contribution in [3.8, 4) is 5.75 Å². The number of hydrogen-bond donors (Lipinski definition) is 1. The number of halogens is 1. The van der Waals surface area contributed by atoms with Crippen molar-refractivity contribution < 1.29 is 9.13 Å². The lowest BCUT2D eigenvalue weighted by atomic mass is 9.73. The zero-order valence-corrected chi connectivity index (χ0v) is 11.4. The molecule has 0 amide bonds. The zero-order chi connectivity index (χ0) is 13.4. The van der Waals surface area contributed by atoms with E-state index in [1.165, 1.54) is 0 Å². The third-order valence-corrected chi connectivity index (χ3v) is 3.61. The third kappa shape index (κ3) is 2.51. The highest BCUT2D eigenvalue weighted by molar-refractivity contribution is 5.33. The largest absolute Gasteiger partial charge is 0.490 e. The van der Waals surface area contributed by atoms with Gasteiger partial charge in [0.2, 0.25) is 0 Å². The van der Waals surface area contributed by atoms with Crippen molar-refractivity contribution in [3.05, 3.63) is 29.8 Å². The van der Waals surface area contributed by atoms with Crippen molar-refractivity contribution in [2.75, 3.05) is 6.54 Å². The van der Waals surface area contributed by atoms with Crippen LogP contribution in [0.15, 0.2) is 24.3 Å². The van der Waals surface area contributed by atoms with Crippen LogP contribution in [-0.2, 0) is 5.67 Å². The summed E-state index contributed by atoms with van der Waals surface area (Å²) in [5.74, 6) is 0.814. The highest BCUT2D eigenvalue weighted by Gasteiger charge is 2.42. The highest BCUT2D eigenvalue weighted by atomic mass is 19.1. The Morgan fingerprint density at radius 3 is 2.17 bits per heavy atom. The van der Waals surface area contributed by atoms with E-state index in [0.29, 0.717) is 11.7 Å². The second-order valence-corrected chi connectivity index (χ2v) is 6.10. The first-order valence-electron chi connectivity index (χ1n) is 6.53. The van der Waals surface area contributed by atoms with Gasteiger partial charge in [0, 0.05) is 12.0 Å². The Labute approximate surface area is 108 Å². The zero-order valence-electron chi connectivity index (χ0n) is 11.4. The second-order valence-electron chi connectivity index (χ2n) is 6.10. The number of hydrogen-bond acceptors (Lipinski definition) is 2. The molecule has 1 aliphatic carbocycles. The summed E-state index contributed by atoms with van der Waals surface area (Å²) in [6.45, 7) is 5.59. The molecule has 3 heteroatoms. The van der Waals surface area contributed by atoms with Crippen molar-refractivity contribution >= 4 is 0 Å². The number of alkyl halides is 1. The van der Waals surface area contributed by atoms with Gasteiger partial charge in [0.25, 0.3) is 0 Å². The molecule has 2 rings (SSSR count).